The first-order valence-corrected chi connectivity index (χ1v) is 8.22. The van der Waals surface area contributed by atoms with E-state index in [1.807, 2.05) is 0 Å². The summed E-state index contributed by atoms with van der Waals surface area (Å²) in [6.07, 6.45) is 0. The molecule has 25 heavy (non-hydrogen) atoms. The van der Waals surface area contributed by atoms with Gasteiger partial charge >= 0.3 is 0 Å². The topological polar surface area (TPSA) is 86.3 Å². The van der Waals surface area contributed by atoms with Gasteiger partial charge in [0.1, 0.15) is 0 Å². The van der Waals surface area contributed by atoms with Gasteiger partial charge in [-0.1, -0.05) is 59.1 Å². The van der Waals surface area contributed by atoms with Crippen molar-refractivity contribution in [2.45, 2.75) is 23.6 Å². The maximum atomic E-state index is 11.2. The van der Waals surface area contributed by atoms with Crippen molar-refractivity contribution < 1.29 is 9.85 Å². The van der Waals surface area contributed by atoms with Gasteiger partial charge < -0.3 is 0 Å². The molecule has 0 bridgehead atoms. The lowest BCUT2D eigenvalue weighted by atomic mass is 9.90. The van der Waals surface area contributed by atoms with Gasteiger partial charge in [-0.3, -0.25) is 20.2 Å². The van der Waals surface area contributed by atoms with Gasteiger partial charge in [0.15, 0.2) is 0 Å². The molecule has 0 fully saturated rings. The van der Waals surface area contributed by atoms with Gasteiger partial charge in [0.25, 0.3) is 11.4 Å². The number of hydrogen-bond donors (Lipinski definition) is 0. The molecule has 0 radical (unpaired) electrons. The molecule has 0 saturated carbocycles. The number of nitro benzene ring substituents is 2. The van der Waals surface area contributed by atoms with Crippen molar-refractivity contribution in [1.29, 1.82) is 0 Å². The fourth-order valence-corrected chi connectivity index (χ4v) is 3.33. The molecule has 0 unspecified atom stereocenters. The quantitative estimate of drug-likeness (QED) is 0.376. The van der Waals surface area contributed by atoms with Gasteiger partial charge in [0, 0.05) is 23.3 Å². The van der Waals surface area contributed by atoms with Crippen molar-refractivity contribution in [2.24, 2.45) is 0 Å². The highest BCUT2D eigenvalue weighted by Gasteiger charge is 2.37. The van der Waals surface area contributed by atoms with E-state index in [1.54, 1.807) is 38.1 Å². The first-order chi connectivity index (χ1) is 11.5. The van der Waals surface area contributed by atoms with E-state index in [9.17, 15) is 20.2 Å². The number of nitro groups is 2. The molecule has 2 rings (SSSR count). The first-order valence-electron chi connectivity index (χ1n) is 7.09. The molecule has 0 aromatic heterocycles. The fraction of sp³-hybridized carbons (Fsp3) is 0.250. The number of aryl methyl sites for hydroxylation is 2. The number of rotatable bonds is 4. The lowest BCUT2D eigenvalue weighted by molar-refractivity contribution is -0.385. The van der Waals surface area contributed by atoms with Gasteiger partial charge in [-0.25, -0.2) is 0 Å². The van der Waals surface area contributed by atoms with Crippen molar-refractivity contribution in [3.63, 3.8) is 0 Å². The predicted octanol–water partition coefficient (Wildman–Crippen LogP) is 5.62. The third kappa shape index (κ3) is 4.21. The Labute approximate surface area is 158 Å². The summed E-state index contributed by atoms with van der Waals surface area (Å²) in [5.74, 6) is -0.906. The molecule has 0 heterocycles. The van der Waals surface area contributed by atoms with E-state index in [-0.39, 0.29) is 11.4 Å². The van der Waals surface area contributed by atoms with Crippen LogP contribution in [0.25, 0.3) is 0 Å². The van der Waals surface area contributed by atoms with Crippen molar-refractivity contribution in [2.75, 3.05) is 0 Å². The van der Waals surface area contributed by atoms with Crippen LogP contribution in [0.3, 0.4) is 0 Å². The highest BCUT2D eigenvalue weighted by molar-refractivity contribution is 6.68. The molecule has 2 aromatic rings. The number of hydrogen-bond acceptors (Lipinski definition) is 4. The second-order valence-corrected chi connectivity index (χ2v) is 7.95. The molecule has 0 aliphatic heterocycles. The predicted molar refractivity (Wildman–Crippen MR) is 97.8 cm³/mol. The van der Waals surface area contributed by atoms with E-state index in [2.05, 4.69) is 0 Å². The molecule has 0 spiro atoms. The fourth-order valence-electron chi connectivity index (χ4n) is 2.58. The van der Waals surface area contributed by atoms with Crippen molar-refractivity contribution in [1.82, 2.24) is 0 Å². The third-order valence-corrected chi connectivity index (χ3v) is 4.51. The van der Waals surface area contributed by atoms with Crippen LogP contribution in [0.4, 0.5) is 11.4 Å². The average molecular weight is 404 g/mol. The van der Waals surface area contributed by atoms with E-state index in [1.165, 1.54) is 12.1 Å². The Kier molecular flexibility index (Phi) is 5.56. The van der Waals surface area contributed by atoms with Gasteiger partial charge in [-0.05, 0) is 25.0 Å². The molecule has 0 atom stereocenters. The van der Waals surface area contributed by atoms with E-state index in [0.717, 1.165) is 0 Å². The third-order valence-electron chi connectivity index (χ3n) is 3.85. The van der Waals surface area contributed by atoms with Gasteiger partial charge in [-0.15, -0.1) is 0 Å². The van der Waals surface area contributed by atoms with Crippen LogP contribution in [-0.2, 0) is 0 Å². The van der Waals surface area contributed by atoms with Crippen LogP contribution in [0.2, 0.25) is 0 Å². The Morgan fingerprint density at radius 3 is 1.48 bits per heavy atom. The van der Waals surface area contributed by atoms with Crippen molar-refractivity contribution in [3.8, 4) is 0 Å². The Hall–Kier alpha value is -1.89. The van der Waals surface area contributed by atoms with Crippen LogP contribution in [0.1, 0.15) is 28.2 Å². The summed E-state index contributed by atoms with van der Waals surface area (Å²) in [7, 11) is 0. The van der Waals surface area contributed by atoms with Gasteiger partial charge in [-0.2, -0.15) is 0 Å². The van der Waals surface area contributed by atoms with Crippen LogP contribution in [0.5, 0.6) is 0 Å². The minimum Gasteiger partial charge on any atom is -0.258 e. The molecule has 6 nitrogen and oxygen atoms in total. The Balaban J connectivity index is 2.67. The minimum absolute atomic E-state index is 0.113. The van der Waals surface area contributed by atoms with Crippen LogP contribution in [-0.4, -0.2) is 13.6 Å². The summed E-state index contributed by atoms with van der Waals surface area (Å²) in [5, 5.41) is 22.4. The Morgan fingerprint density at radius 1 is 0.840 bits per heavy atom. The summed E-state index contributed by atoms with van der Waals surface area (Å²) in [5.41, 5.74) is 1.47. The molecular formula is C16H13Cl3N2O4. The number of alkyl halides is 3. The maximum Gasteiger partial charge on any atom is 0.272 e. The molecule has 9 heteroatoms. The number of halogens is 3. The van der Waals surface area contributed by atoms with E-state index in [4.69, 9.17) is 34.8 Å². The smallest absolute Gasteiger partial charge is 0.258 e. The van der Waals surface area contributed by atoms with Crippen LogP contribution in [0.15, 0.2) is 36.4 Å². The molecule has 0 N–H and O–H groups in total. The first kappa shape index (κ1) is 19.4. The van der Waals surface area contributed by atoms with Crippen LogP contribution in [0, 0.1) is 34.1 Å². The van der Waals surface area contributed by atoms with Gasteiger partial charge in [0.05, 0.1) is 15.8 Å². The number of nitrogens with zero attached hydrogens (tertiary/aromatic N) is 2. The lowest BCUT2D eigenvalue weighted by Gasteiger charge is -2.25. The lowest BCUT2D eigenvalue weighted by Crippen LogP contribution is -2.19. The van der Waals surface area contributed by atoms with Gasteiger partial charge in [0.2, 0.25) is 3.79 Å². The van der Waals surface area contributed by atoms with Crippen LogP contribution < -0.4 is 0 Å². The highest BCUT2D eigenvalue weighted by Crippen LogP contribution is 2.47. The zero-order valence-electron chi connectivity index (χ0n) is 13.2. The Morgan fingerprint density at radius 2 is 1.20 bits per heavy atom. The largest absolute Gasteiger partial charge is 0.272 e. The molecule has 2 aromatic carbocycles. The number of benzene rings is 2. The van der Waals surface area contributed by atoms with Crippen LogP contribution >= 0.6 is 34.8 Å². The van der Waals surface area contributed by atoms with E-state index >= 15 is 0 Å². The standard InChI is InChI=1S/C16H13Cl3N2O4/c1-9-3-5-11(7-13(9)20(22)23)15(16(17,18)19)12-6-4-10(2)14(8-12)21(24)25/h3-8,15H,1-2H3. The van der Waals surface area contributed by atoms with Crippen molar-refractivity contribution >= 4 is 46.2 Å². The summed E-state index contributed by atoms with van der Waals surface area (Å²) in [6, 6.07) is 8.99. The second kappa shape index (κ2) is 7.15. The monoisotopic (exact) mass is 402 g/mol. The molecule has 0 aliphatic carbocycles. The summed E-state index contributed by atoms with van der Waals surface area (Å²) in [4.78, 5) is 21.3. The molecule has 0 saturated heterocycles. The zero-order valence-corrected chi connectivity index (χ0v) is 15.5. The average Bonchev–Trinajstić information content (AvgIpc) is 2.49. The molecular weight excluding hydrogens is 391 g/mol. The van der Waals surface area contributed by atoms with E-state index in [0.29, 0.717) is 22.3 Å². The SMILES string of the molecule is Cc1ccc(C(c2ccc(C)c([N+](=O)[O-])c2)C(Cl)(Cl)Cl)cc1[N+](=O)[O-]. The van der Waals surface area contributed by atoms with E-state index < -0.39 is 19.6 Å². The second-order valence-electron chi connectivity index (χ2n) is 5.58. The molecule has 0 amide bonds. The zero-order chi connectivity index (χ0) is 18.9. The molecule has 0 aliphatic rings. The molecule has 132 valence electrons. The summed E-state index contributed by atoms with van der Waals surface area (Å²) >= 11 is 18.3. The minimum atomic E-state index is -1.85. The summed E-state index contributed by atoms with van der Waals surface area (Å²) in [6.45, 7) is 3.20. The van der Waals surface area contributed by atoms with Crippen molar-refractivity contribution in [3.05, 3.63) is 78.9 Å². The normalized spacial score (nSPS) is 11.6. The Bertz CT molecular complexity index is 786. The highest BCUT2D eigenvalue weighted by atomic mass is 35.6. The summed E-state index contributed by atoms with van der Waals surface area (Å²) < 4.78 is -1.85. The maximum absolute atomic E-state index is 11.2.